The van der Waals surface area contributed by atoms with Crippen LogP contribution in [0.1, 0.15) is 11.1 Å². The van der Waals surface area contributed by atoms with E-state index in [2.05, 4.69) is 5.10 Å². The van der Waals surface area contributed by atoms with E-state index in [0.717, 1.165) is 12.3 Å². The number of alkyl halides is 3. The molecule has 100 valence electrons. The van der Waals surface area contributed by atoms with Crippen LogP contribution < -0.4 is 11.6 Å². The van der Waals surface area contributed by atoms with Gasteiger partial charge >= 0.3 is 6.18 Å². The van der Waals surface area contributed by atoms with Crippen LogP contribution in [-0.2, 0) is 16.0 Å². The maximum absolute atomic E-state index is 12.6. The summed E-state index contributed by atoms with van der Waals surface area (Å²) >= 11 is 0. The molecule has 0 bridgehead atoms. The van der Waals surface area contributed by atoms with Crippen LogP contribution in [0.2, 0.25) is 0 Å². The van der Waals surface area contributed by atoms with Crippen LogP contribution in [0.15, 0.2) is 28.2 Å². The number of rotatable bonds is 2. The van der Waals surface area contributed by atoms with Gasteiger partial charge in [-0.25, -0.2) is 8.42 Å². The van der Waals surface area contributed by atoms with Crippen molar-refractivity contribution >= 4 is 15.7 Å². The van der Waals surface area contributed by atoms with Crippen LogP contribution in [-0.4, -0.2) is 20.5 Å². The first-order valence-corrected chi connectivity index (χ1v) is 6.41. The van der Waals surface area contributed by atoms with Gasteiger partial charge in [0, 0.05) is 11.8 Å². The van der Waals surface area contributed by atoms with Crippen molar-refractivity contribution in [2.75, 3.05) is 6.26 Å². The van der Waals surface area contributed by atoms with E-state index in [4.69, 9.17) is 11.6 Å². The highest BCUT2D eigenvalue weighted by molar-refractivity contribution is 7.90. The van der Waals surface area contributed by atoms with Crippen molar-refractivity contribution in [2.45, 2.75) is 11.1 Å². The maximum Gasteiger partial charge on any atom is 0.416 e. The molecular weight excluding hydrogens is 271 g/mol. The molecule has 0 radical (unpaired) electrons. The quantitative estimate of drug-likeness (QED) is 0.360. The van der Waals surface area contributed by atoms with E-state index in [1.54, 1.807) is 0 Å². The summed E-state index contributed by atoms with van der Waals surface area (Å²) in [5.74, 6) is 4.47. The molecule has 0 aliphatic carbocycles. The van der Waals surface area contributed by atoms with Gasteiger partial charge in [-0.3, -0.25) is 0 Å². The fraction of sp³-hybridized carbons (Fsp3) is 0.222. The van der Waals surface area contributed by atoms with Crippen molar-refractivity contribution < 1.29 is 21.6 Å². The number of nitrogens with zero attached hydrogens (tertiary/aromatic N) is 1. The average Bonchev–Trinajstić information content (AvgIpc) is 2.25. The summed E-state index contributed by atoms with van der Waals surface area (Å²) in [6, 6.07) is 2.19. The second kappa shape index (κ2) is 4.48. The van der Waals surface area contributed by atoms with Crippen molar-refractivity contribution in [1.82, 2.24) is 0 Å². The van der Waals surface area contributed by atoms with Gasteiger partial charge in [-0.05, 0) is 18.2 Å². The Hall–Kier alpha value is -1.77. The lowest BCUT2D eigenvalue weighted by Gasteiger charge is -2.11. The third-order valence-corrected chi connectivity index (χ3v) is 3.19. The molecule has 1 aromatic carbocycles. The number of hydrazone groups is 1. The fourth-order valence-corrected chi connectivity index (χ4v) is 1.88. The van der Waals surface area contributed by atoms with E-state index in [1.807, 2.05) is 0 Å². The molecule has 1 aromatic rings. The minimum absolute atomic E-state index is 0.201. The average molecular weight is 281 g/mol. The Bertz CT molecular complexity index is 594. The van der Waals surface area contributed by atoms with Crippen molar-refractivity contribution in [3.8, 4) is 0 Å². The first-order valence-electron chi connectivity index (χ1n) is 4.52. The molecule has 0 saturated heterocycles. The molecule has 0 aromatic heterocycles. The molecule has 0 spiro atoms. The zero-order valence-electron chi connectivity index (χ0n) is 9.19. The number of benzene rings is 1. The minimum Gasteiger partial charge on any atom is -0.382 e. The molecule has 9 heteroatoms. The van der Waals surface area contributed by atoms with Gasteiger partial charge in [-0.15, -0.1) is 0 Å². The number of nitrogens with two attached hydrogens (primary N) is 2. The second-order valence-electron chi connectivity index (χ2n) is 3.53. The molecule has 1 rings (SSSR count). The van der Waals surface area contributed by atoms with Gasteiger partial charge in [0.25, 0.3) is 0 Å². The largest absolute Gasteiger partial charge is 0.416 e. The monoisotopic (exact) mass is 281 g/mol. The lowest BCUT2D eigenvalue weighted by molar-refractivity contribution is -0.137. The number of sulfone groups is 1. The van der Waals surface area contributed by atoms with E-state index >= 15 is 0 Å². The van der Waals surface area contributed by atoms with Crippen LogP contribution in [0.3, 0.4) is 0 Å². The highest BCUT2D eigenvalue weighted by Gasteiger charge is 2.32. The van der Waals surface area contributed by atoms with E-state index in [0.29, 0.717) is 12.1 Å². The van der Waals surface area contributed by atoms with Crippen LogP contribution >= 0.6 is 0 Å². The van der Waals surface area contributed by atoms with Crippen LogP contribution in [0.5, 0.6) is 0 Å². The SMILES string of the molecule is CS(=O)(=O)c1cc(/C(N)=N/N)cc(C(F)(F)F)c1. The van der Waals surface area contributed by atoms with Gasteiger partial charge in [-0.2, -0.15) is 18.3 Å². The van der Waals surface area contributed by atoms with Crippen molar-refractivity contribution in [3.63, 3.8) is 0 Å². The topological polar surface area (TPSA) is 98.5 Å². The molecule has 0 fully saturated rings. The van der Waals surface area contributed by atoms with Gasteiger partial charge in [0.1, 0.15) is 5.84 Å². The Morgan fingerprint density at radius 3 is 2.22 bits per heavy atom. The minimum atomic E-state index is -4.69. The summed E-state index contributed by atoms with van der Waals surface area (Å²) < 4.78 is 60.4. The van der Waals surface area contributed by atoms with E-state index in [-0.39, 0.29) is 11.4 Å². The molecular formula is C9H10F3N3O2S. The molecule has 4 N–H and O–H groups in total. The second-order valence-corrected chi connectivity index (χ2v) is 5.55. The number of hydrogen-bond acceptors (Lipinski definition) is 4. The molecule has 0 saturated carbocycles. The Balaban J connectivity index is 3.59. The van der Waals surface area contributed by atoms with Crippen molar-refractivity contribution in [2.24, 2.45) is 16.7 Å². The first-order chi connectivity index (χ1) is 8.05. The summed E-state index contributed by atoms with van der Waals surface area (Å²) in [6.07, 6.45) is -3.90. The lowest BCUT2D eigenvalue weighted by atomic mass is 10.1. The Morgan fingerprint density at radius 1 is 1.28 bits per heavy atom. The zero-order valence-corrected chi connectivity index (χ0v) is 10.0. The summed E-state index contributed by atoms with van der Waals surface area (Å²) in [7, 11) is -3.80. The van der Waals surface area contributed by atoms with Gasteiger partial charge in [0.2, 0.25) is 0 Å². The molecule has 0 unspecified atom stereocenters. The fourth-order valence-electron chi connectivity index (χ4n) is 1.20. The predicted molar refractivity (Wildman–Crippen MR) is 59.5 cm³/mol. The molecule has 0 atom stereocenters. The van der Waals surface area contributed by atoms with Crippen LogP contribution in [0.4, 0.5) is 13.2 Å². The molecule has 0 aliphatic rings. The summed E-state index contributed by atoms with van der Waals surface area (Å²) in [6.45, 7) is 0. The van der Waals surface area contributed by atoms with Gasteiger partial charge in [-0.1, -0.05) is 0 Å². The van der Waals surface area contributed by atoms with E-state index in [1.165, 1.54) is 0 Å². The highest BCUT2D eigenvalue weighted by Crippen LogP contribution is 2.31. The Morgan fingerprint density at radius 2 is 1.83 bits per heavy atom. The molecule has 0 heterocycles. The number of amidine groups is 1. The van der Waals surface area contributed by atoms with Crippen molar-refractivity contribution in [1.29, 1.82) is 0 Å². The number of halogens is 3. The predicted octanol–water partition coefficient (Wildman–Crippen LogP) is 0.688. The molecule has 0 amide bonds. The van der Waals surface area contributed by atoms with Gasteiger partial charge < -0.3 is 11.6 Å². The first kappa shape index (κ1) is 14.3. The van der Waals surface area contributed by atoms with E-state index in [9.17, 15) is 21.6 Å². The van der Waals surface area contributed by atoms with Crippen LogP contribution in [0.25, 0.3) is 0 Å². The Labute approximate surface area is 101 Å². The summed E-state index contributed by atoms with van der Waals surface area (Å²) in [5, 5.41) is 3.04. The molecule has 18 heavy (non-hydrogen) atoms. The third kappa shape index (κ3) is 3.13. The van der Waals surface area contributed by atoms with Gasteiger partial charge in [0.15, 0.2) is 9.84 Å². The summed E-state index contributed by atoms with van der Waals surface area (Å²) in [5.41, 5.74) is 3.95. The summed E-state index contributed by atoms with van der Waals surface area (Å²) in [4.78, 5) is -0.501. The van der Waals surface area contributed by atoms with Gasteiger partial charge in [0.05, 0.1) is 10.5 Å². The maximum atomic E-state index is 12.6. The standard InChI is InChI=1S/C9H10F3N3O2S/c1-18(16,17)7-3-5(8(13)15-14)2-6(4-7)9(10,11)12/h2-4H,14H2,1H3,(H2,13,15). The highest BCUT2D eigenvalue weighted by atomic mass is 32.2. The van der Waals surface area contributed by atoms with E-state index < -0.39 is 26.5 Å². The number of hydrogen-bond donors (Lipinski definition) is 2. The van der Waals surface area contributed by atoms with Crippen molar-refractivity contribution in [3.05, 3.63) is 29.3 Å². The zero-order chi connectivity index (χ0) is 14.1. The Kier molecular flexibility index (Phi) is 3.56. The smallest absolute Gasteiger partial charge is 0.382 e. The molecule has 0 aliphatic heterocycles. The molecule has 5 nitrogen and oxygen atoms in total. The van der Waals surface area contributed by atoms with Crippen LogP contribution in [0, 0.1) is 0 Å². The normalized spacial score (nSPS) is 13.7. The lowest BCUT2D eigenvalue weighted by Crippen LogP contribution is -2.18. The third-order valence-electron chi connectivity index (χ3n) is 2.10.